The largest absolute Gasteiger partial charge is 0.490 e. The number of benzene rings is 2. The average molecular weight is 445 g/mol. The number of ether oxygens (including phenoxy) is 2. The van der Waals surface area contributed by atoms with Gasteiger partial charge in [0.05, 0.1) is 6.61 Å². The molecule has 6 heteroatoms. The Morgan fingerprint density at radius 1 is 1.16 bits per heavy atom. The Labute approximate surface area is 167 Å². The first-order valence-corrected chi connectivity index (χ1v) is 9.44. The van der Waals surface area contributed by atoms with Crippen molar-refractivity contribution < 1.29 is 9.47 Å². The highest BCUT2D eigenvalue weighted by atomic mass is 79.9. The molecule has 1 N–H and O–H groups in total. The van der Waals surface area contributed by atoms with Crippen molar-refractivity contribution in [1.82, 2.24) is 5.32 Å². The average Bonchev–Trinajstić information content (AvgIpc) is 2.58. The van der Waals surface area contributed by atoms with E-state index < -0.39 is 0 Å². The second-order valence-electron chi connectivity index (χ2n) is 5.23. The maximum Gasteiger partial charge on any atom is 0.162 e. The van der Waals surface area contributed by atoms with Gasteiger partial charge in [-0.3, -0.25) is 0 Å². The molecule has 0 bridgehead atoms. The Hall–Kier alpha value is -1.20. The normalized spacial score (nSPS) is 10.6. The maximum absolute atomic E-state index is 6.20. The van der Waals surface area contributed by atoms with Crippen LogP contribution in [-0.4, -0.2) is 13.2 Å². The topological polar surface area (TPSA) is 30.5 Å². The lowest BCUT2D eigenvalue weighted by molar-refractivity contribution is 0.269. The van der Waals surface area contributed by atoms with Crippen LogP contribution in [0.15, 0.2) is 47.5 Å². The lowest BCUT2D eigenvalue weighted by Crippen LogP contribution is -2.13. The number of hydrogen-bond donors (Lipinski definition) is 1. The molecule has 0 aromatic heterocycles. The summed E-state index contributed by atoms with van der Waals surface area (Å²) in [5.41, 5.74) is 1.83. The Balaban J connectivity index is 2.21. The van der Waals surface area contributed by atoms with Crippen molar-refractivity contribution in [2.24, 2.45) is 0 Å². The van der Waals surface area contributed by atoms with Crippen LogP contribution in [0, 0.1) is 0 Å². The minimum absolute atomic E-state index is 0.263. The van der Waals surface area contributed by atoms with Crippen molar-refractivity contribution >= 4 is 39.1 Å². The first-order valence-electron chi connectivity index (χ1n) is 7.89. The predicted molar refractivity (Wildman–Crippen MR) is 108 cm³/mol. The van der Waals surface area contributed by atoms with Crippen molar-refractivity contribution in [1.29, 1.82) is 0 Å². The fourth-order valence-electron chi connectivity index (χ4n) is 2.22. The molecule has 0 atom stereocenters. The third-order valence-corrected chi connectivity index (χ3v) is 4.90. The quantitative estimate of drug-likeness (QED) is 0.379. The van der Waals surface area contributed by atoms with Gasteiger partial charge in [-0.15, -0.1) is 6.58 Å². The molecule has 2 aromatic rings. The van der Waals surface area contributed by atoms with Crippen LogP contribution < -0.4 is 14.8 Å². The number of hydrogen-bond acceptors (Lipinski definition) is 3. The third kappa shape index (κ3) is 5.65. The molecule has 3 nitrogen and oxygen atoms in total. The zero-order chi connectivity index (χ0) is 18.2. The zero-order valence-corrected chi connectivity index (χ0v) is 17.0. The Morgan fingerprint density at radius 3 is 2.48 bits per heavy atom. The lowest BCUT2D eigenvalue weighted by Gasteiger charge is -2.16. The van der Waals surface area contributed by atoms with E-state index in [0.29, 0.717) is 34.7 Å². The van der Waals surface area contributed by atoms with Crippen LogP contribution in [0.25, 0.3) is 0 Å². The van der Waals surface area contributed by atoms with Crippen LogP contribution in [0.3, 0.4) is 0 Å². The van der Waals surface area contributed by atoms with E-state index in [1.807, 2.05) is 25.1 Å². The molecule has 2 rings (SSSR count). The van der Waals surface area contributed by atoms with Gasteiger partial charge in [0.2, 0.25) is 0 Å². The first-order chi connectivity index (χ1) is 12.1. The Kier molecular flexibility index (Phi) is 8.10. The fraction of sp³-hybridized carbons (Fsp3) is 0.263. The smallest absolute Gasteiger partial charge is 0.162 e. The molecule has 0 spiro atoms. The molecule has 0 heterocycles. The molecule has 134 valence electrons. The van der Waals surface area contributed by atoms with Crippen LogP contribution in [0.2, 0.25) is 10.0 Å². The fourth-order valence-corrected chi connectivity index (χ4v) is 3.19. The summed E-state index contributed by atoms with van der Waals surface area (Å²) >= 11 is 16.0. The zero-order valence-electron chi connectivity index (χ0n) is 14.0. The highest BCUT2D eigenvalue weighted by Crippen LogP contribution is 2.35. The molecule has 0 saturated heterocycles. The number of rotatable bonds is 9. The number of halogens is 3. The monoisotopic (exact) mass is 443 g/mol. The molecular formula is C19H20BrCl2NO2. The van der Waals surface area contributed by atoms with Gasteiger partial charge in [-0.05, 0) is 36.8 Å². The van der Waals surface area contributed by atoms with Crippen LogP contribution >= 0.6 is 39.1 Å². The maximum atomic E-state index is 6.20. The molecule has 0 amide bonds. The summed E-state index contributed by atoms with van der Waals surface area (Å²) in [6.07, 6.45) is 1.82. The molecule has 0 aliphatic heterocycles. The predicted octanol–water partition coefficient (Wildman–Crippen LogP) is 6.01. The van der Waals surface area contributed by atoms with Gasteiger partial charge in [0, 0.05) is 33.2 Å². The van der Waals surface area contributed by atoms with E-state index in [0.717, 1.165) is 22.1 Å². The van der Waals surface area contributed by atoms with Gasteiger partial charge in [-0.2, -0.15) is 0 Å². The van der Waals surface area contributed by atoms with Crippen LogP contribution in [0.1, 0.15) is 18.1 Å². The highest BCUT2D eigenvalue weighted by molar-refractivity contribution is 9.10. The lowest BCUT2D eigenvalue weighted by atomic mass is 10.2. The van der Waals surface area contributed by atoms with Crippen molar-refractivity contribution in [3.63, 3.8) is 0 Å². The second-order valence-corrected chi connectivity index (χ2v) is 6.90. The second kappa shape index (κ2) is 10.1. The molecule has 0 fully saturated rings. The minimum atomic E-state index is 0.263. The van der Waals surface area contributed by atoms with E-state index >= 15 is 0 Å². The van der Waals surface area contributed by atoms with Gasteiger partial charge in [0.15, 0.2) is 11.5 Å². The van der Waals surface area contributed by atoms with E-state index in [9.17, 15) is 0 Å². The van der Waals surface area contributed by atoms with Crippen LogP contribution in [0.4, 0.5) is 0 Å². The van der Waals surface area contributed by atoms with Crippen molar-refractivity contribution in [3.8, 4) is 11.5 Å². The molecule has 0 radical (unpaired) electrons. The van der Waals surface area contributed by atoms with Crippen LogP contribution in [0.5, 0.6) is 11.5 Å². The van der Waals surface area contributed by atoms with Gasteiger partial charge in [0.25, 0.3) is 0 Å². The Bertz CT molecular complexity index is 717. The summed E-state index contributed by atoms with van der Waals surface area (Å²) in [6.45, 7) is 7.88. The minimum Gasteiger partial charge on any atom is -0.490 e. The van der Waals surface area contributed by atoms with Crippen molar-refractivity contribution in [3.05, 3.63) is 68.6 Å². The Morgan fingerprint density at radius 2 is 1.84 bits per heavy atom. The van der Waals surface area contributed by atoms with Gasteiger partial charge < -0.3 is 14.8 Å². The van der Waals surface area contributed by atoms with E-state index in [4.69, 9.17) is 32.7 Å². The summed E-state index contributed by atoms with van der Waals surface area (Å²) in [5, 5.41) is 4.43. The van der Waals surface area contributed by atoms with E-state index in [1.54, 1.807) is 18.2 Å². The SMILES string of the molecule is C=CCNCc1cc(OCC)c(OCc2c(Cl)cccc2Cl)cc1Br. The molecule has 0 aliphatic carbocycles. The van der Waals surface area contributed by atoms with E-state index in [-0.39, 0.29) is 6.61 Å². The number of nitrogens with one attached hydrogen (secondary N) is 1. The molecule has 0 saturated carbocycles. The third-order valence-electron chi connectivity index (χ3n) is 3.45. The van der Waals surface area contributed by atoms with E-state index in [1.165, 1.54) is 0 Å². The standard InChI is InChI=1S/C19H20BrCl2NO2/c1-3-8-23-11-13-9-18(24-4-2)19(10-15(13)20)25-12-14-16(21)6-5-7-17(14)22/h3,5-7,9-10,23H,1,4,8,11-12H2,2H3. The van der Waals surface area contributed by atoms with Gasteiger partial charge in [-0.25, -0.2) is 0 Å². The molecule has 0 aliphatic rings. The molecule has 0 unspecified atom stereocenters. The van der Waals surface area contributed by atoms with Gasteiger partial charge >= 0.3 is 0 Å². The summed E-state index contributed by atoms with van der Waals surface area (Å²) < 4.78 is 12.6. The molecule has 2 aromatic carbocycles. The first kappa shape index (κ1) is 20.1. The van der Waals surface area contributed by atoms with Gasteiger partial charge in [-0.1, -0.05) is 51.3 Å². The van der Waals surface area contributed by atoms with Gasteiger partial charge in [0.1, 0.15) is 6.61 Å². The molecule has 25 heavy (non-hydrogen) atoms. The highest BCUT2D eigenvalue weighted by Gasteiger charge is 2.13. The van der Waals surface area contributed by atoms with Crippen LogP contribution in [-0.2, 0) is 13.2 Å². The summed E-state index contributed by atoms with van der Waals surface area (Å²) in [6, 6.07) is 9.26. The van der Waals surface area contributed by atoms with Crippen molar-refractivity contribution in [2.45, 2.75) is 20.1 Å². The summed E-state index contributed by atoms with van der Waals surface area (Å²) in [5.74, 6) is 1.32. The summed E-state index contributed by atoms with van der Waals surface area (Å²) in [4.78, 5) is 0. The molecular weight excluding hydrogens is 425 g/mol. The summed E-state index contributed by atoms with van der Waals surface area (Å²) in [7, 11) is 0. The van der Waals surface area contributed by atoms with E-state index in [2.05, 4.69) is 27.8 Å². The van der Waals surface area contributed by atoms with Crippen molar-refractivity contribution in [2.75, 3.05) is 13.2 Å².